The van der Waals surface area contributed by atoms with E-state index in [1.54, 1.807) is 0 Å². The number of nitrogens with zero attached hydrogens (tertiary/aromatic N) is 1. The molecule has 1 aromatic rings. The molecule has 1 fully saturated rings. The predicted octanol–water partition coefficient (Wildman–Crippen LogP) is 2.15. The number of carbonyl (C=O) groups excluding carboxylic acids is 1. The zero-order chi connectivity index (χ0) is 21.3. The second-order valence-corrected chi connectivity index (χ2v) is 14.9. The molecule has 11 heteroatoms. The second-order valence-electron chi connectivity index (χ2n) is 8.42. The van der Waals surface area contributed by atoms with Gasteiger partial charge in [-0.3, -0.25) is 14.9 Å². The number of non-ortho nitro benzene ring substituents is 1. The fourth-order valence-corrected chi connectivity index (χ4v) is 4.98. The summed E-state index contributed by atoms with van der Waals surface area (Å²) in [6.45, 7) is 11.1. The third-order valence-corrected chi connectivity index (χ3v) is 11.2. The van der Waals surface area contributed by atoms with Crippen LogP contribution in [0.25, 0.3) is 0 Å². The van der Waals surface area contributed by atoms with Gasteiger partial charge in [0.05, 0.1) is 22.0 Å². The molecule has 1 amide bonds. The van der Waals surface area contributed by atoms with Crippen LogP contribution in [0.1, 0.15) is 27.2 Å². The van der Waals surface area contributed by atoms with Crippen LogP contribution in [0.4, 0.5) is 5.69 Å². The Morgan fingerprint density at radius 2 is 1.86 bits per heavy atom. The van der Waals surface area contributed by atoms with Crippen LogP contribution < -0.4 is 10.0 Å². The number of rotatable bonds is 6. The van der Waals surface area contributed by atoms with E-state index in [0.717, 1.165) is 24.3 Å². The van der Waals surface area contributed by atoms with Crippen molar-refractivity contribution in [2.24, 2.45) is 0 Å². The third-order valence-electron chi connectivity index (χ3n) is 5.27. The van der Waals surface area contributed by atoms with Crippen LogP contribution in [0.5, 0.6) is 0 Å². The number of hydrogen-bond acceptors (Lipinski definition) is 7. The van der Waals surface area contributed by atoms with Crippen molar-refractivity contribution in [1.82, 2.24) is 10.0 Å². The van der Waals surface area contributed by atoms with Crippen LogP contribution in [0.3, 0.4) is 0 Å². The highest BCUT2D eigenvalue weighted by Gasteiger charge is 2.42. The predicted molar refractivity (Wildman–Crippen MR) is 107 cm³/mol. The van der Waals surface area contributed by atoms with Crippen molar-refractivity contribution >= 4 is 29.9 Å². The molecular weight excluding hydrogens is 402 g/mol. The van der Waals surface area contributed by atoms with Gasteiger partial charge in [-0.2, -0.15) is 0 Å². The molecule has 1 saturated heterocycles. The van der Waals surface area contributed by atoms with Gasteiger partial charge in [0.2, 0.25) is 0 Å². The lowest BCUT2D eigenvalue weighted by Gasteiger charge is -2.38. The summed E-state index contributed by atoms with van der Waals surface area (Å²) < 4.78 is 33.0. The van der Waals surface area contributed by atoms with E-state index in [2.05, 4.69) is 39.2 Å². The van der Waals surface area contributed by atoms with Gasteiger partial charge in [0.25, 0.3) is 21.6 Å². The first-order valence-electron chi connectivity index (χ1n) is 8.95. The first kappa shape index (κ1) is 22.5. The van der Waals surface area contributed by atoms with E-state index >= 15 is 0 Å². The summed E-state index contributed by atoms with van der Waals surface area (Å²) in [5, 5.41) is 13.7. The largest absolute Gasteiger partial charge is 0.413 e. The number of benzene rings is 1. The van der Waals surface area contributed by atoms with Crippen LogP contribution in [0.15, 0.2) is 29.2 Å². The number of carbonyl (C=O) groups is 1. The van der Waals surface area contributed by atoms with Crippen LogP contribution in [0, 0.1) is 10.1 Å². The standard InChI is InChI=1S/C17H27N3O6SSi/c1-17(2,3)28(4,5)26-13-10-15(18-11-13)16(21)19-27(24,25)14-8-6-12(7-9-14)20(22)23/h6-9,13,15,18H,10-11H2,1-5H3,(H,19,21)/t13-,15+/m1/s1. The van der Waals surface area contributed by atoms with Crippen LogP contribution >= 0.6 is 0 Å². The second kappa shape index (κ2) is 7.89. The number of nitro groups is 1. The summed E-state index contributed by atoms with van der Waals surface area (Å²) >= 11 is 0. The molecule has 1 aromatic carbocycles. The van der Waals surface area contributed by atoms with Crippen molar-refractivity contribution in [1.29, 1.82) is 0 Å². The first-order chi connectivity index (χ1) is 12.7. The lowest BCUT2D eigenvalue weighted by atomic mass is 10.2. The molecule has 0 bridgehead atoms. The van der Waals surface area contributed by atoms with Crippen molar-refractivity contribution < 1.29 is 22.6 Å². The Morgan fingerprint density at radius 3 is 2.36 bits per heavy atom. The zero-order valence-corrected chi connectivity index (χ0v) is 18.5. The Morgan fingerprint density at radius 1 is 1.29 bits per heavy atom. The van der Waals surface area contributed by atoms with Gasteiger partial charge in [-0.05, 0) is 36.7 Å². The van der Waals surface area contributed by atoms with E-state index in [-0.39, 0.29) is 21.7 Å². The molecular formula is C17H27N3O6SSi. The Kier molecular flexibility index (Phi) is 6.33. The molecule has 0 aliphatic carbocycles. The fraction of sp³-hybridized carbons (Fsp3) is 0.588. The highest BCUT2D eigenvalue weighted by Crippen LogP contribution is 2.38. The van der Waals surface area contributed by atoms with Gasteiger partial charge in [-0.15, -0.1) is 0 Å². The van der Waals surface area contributed by atoms with Crippen molar-refractivity contribution in [2.75, 3.05) is 6.54 Å². The summed E-state index contributed by atoms with van der Waals surface area (Å²) in [5.74, 6) is -0.667. The van der Waals surface area contributed by atoms with Crippen molar-refractivity contribution in [3.8, 4) is 0 Å². The summed E-state index contributed by atoms with van der Waals surface area (Å²) in [6.07, 6.45) is 0.229. The first-order valence-corrected chi connectivity index (χ1v) is 13.3. The molecule has 9 nitrogen and oxygen atoms in total. The van der Waals surface area contributed by atoms with E-state index in [1.807, 2.05) is 4.72 Å². The average Bonchev–Trinajstić information content (AvgIpc) is 3.01. The number of nitro benzene ring substituents is 1. The number of nitrogens with one attached hydrogen (secondary N) is 2. The van der Waals surface area contributed by atoms with Gasteiger partial charge in [0.1, 0.15) is 0 Å². The van der Waals surface area contributed by atoms with E-state index < -0.39 is 35.2 Å². The van der Waals surface area contributed by atoms with Crippen molar-refractivity contribution in [2.45, 2.75) is 62.4 Å². The Labute approximate surface area is 166 Å². The molecule has 28 heavy (non-hydrogen) atoms. The Hall–Kier alpha value is -1.82. The van der Waals surface area contributed by atoms with Gasteiger partial charge in [0, 0.05) is 18.7 Å². The molecule has 156 valence electrons. The molecule has 2 N–H and O–H groups in total. The van der Waals surface area contributed by atoms with E-state index in [1.165, 1.54) is 0 Å². The number of hydrogen-bond donors (Lipinski definition) is 2. The molecule has 0 saturated carbocycles. The van der Waals surface area contributed by atoms with Crippen molar-refractivity contribution in [3.05, 3.63) is 34.4 Å². The zero-order valence-electron chi connectivity index (χ0n) is 16.7. The SMILES string of the molecule is CC(C)(C)[Si](C)(C)O[C@H]1CN[C@H](C(=O)NS(=O)(=O)c2ccc([N+](=O)[O-])cc2)C1. The lowest BCUT2D eigenvalue weighted by molar-refractivity contribution is -0.384. The lowest BCUT2D eigenvalue weighted by Crippen LogP contribution is -2.44. The maximum atomic E-state index is 12.4. The summed E-state index contributed by atoms with van der Waals surface area (Å²) in [5.41, 5.74) is -0.228. The van der Waals surface area contributed by atoms with E-state index in [0.29, 0.717) is 13.0 Å². The van der Waals surface area contributed by atoms with Crippen LogP contribution in [-0.2, 0) is 19.2 Å². The van der Waals surface area contributed by atoms with Gasteiger partial charge in [-0.25, -0.2) is 13.1 Å². The minimum absolute atomic E-state index is 0.0343. The molecule has 1 aliphatic rings. The Balaban J connectivity index is 2.00. The maximum absolute atomic E-state index is 12.4. The highest BCUT2D eigenvalue weighted by atomic mass is 32.2. The summed E-state index contributed by atoms with van der Waals surface area (Å²) in [6, 6.07) is 3.67. The van der Waals surface area contributed by atoms with Crippen molar-refractivity contribution in [3.63, 3.8) is 0 Å². The quantitative estimate of drug-likeness (QED) is 0.403. The molecule has 0 unspecified atom stereocenters. The molecule has 0 spiro atoms. The molecule has 0 aromatic heterocycles. The maximum Gasteiger partial charge on any atom is 0.269 e. The number of sulfonamides is 1. The van der Waals surface area contributed by atoms with Gasteiger partial charge >= 0.3 is 0 Å². The molecule has 1 aliphatic heterocycles. The highest BCUT2D eigenvalue weighted by molar-refractivity contribution is 7.90. The van der Waals surface area contributed by atoms with E-state index in [4.69, 9.17) is 4.43 Å². The minimum Gasteiger partial charge on any atom is -0.413 e. The Bertz CT molecular complexity index is 849. The molecule has 2 atom stereocenters. The third kappa shape index (κ3) is 5.16. The molecule has 1 heterocycles. The molecule has 2 rings (SSSR count). The minimum atomic E-state index is -4.11. The van der Waals surface area contributed by atoms with Gasteiger partial charge < -0.3 is 9.74 Å². The van der Waals surface area contributed by atoms with Crippen LogP contribution in [0.2, 0.25) is 18.1 Å². The summed E-state index contributed by atoms with van der Waals surface area (Å²) in [7, 11) is -6.10. The smallest absolute Gasteiger partial charge is 0.269 e. The van der Waals surface area contributed by atoms with Gasteiger partial charge in [-0.1, -0.05) is 20.8 Å². The van der Waals surface area contributed by atoms with E-state index in [9.17, 15) is 23.3 Å². The molecule has 0 radical (unpaired) electrons. The number of amides is 1. The monoisotopic (exact) mass is 429 g/mol. The fourth-order valence-electron chi connectivity index (χ4n) is 2.60. The summed E-state index contributed by atoms with van der Waals surface area (Å²) in [4.78, 5) is 22.3. The van der Waals surface area contributed by atoms with Crippen LogP contribution in [-0.4, -0.2) is 46.3 Å². The average molecular weight is 430 g/mol. The topological polar surface area (TPSA) is 128 Å². The normalized spacial score (nSPS) is 20.8. The van der Waals surface area contributed by atoms with Gasteiger partial charge in [0.15, 0.2) is 8.32 Å².